The Morgan fingerprint density at radius 3 is 2.12 bits per heavy atom. The molecule has 0 amide bonds. The number of carboxylic acid groups (broad SMARTS) is 2. The fourth-order valence-electron chi connectivity index (χ4n) is 1.60. The Labute approximate surface area is 92.5 Å². The van der Waals surface area contributed by atoms with Gasteiger partial charge in [-0.3, -0.25) is 0 Å². The molecule has 0 aliphatic carbocycles. The second-order valence-corrected chi connectivity index (χ2v) is 3.35. The van der Waals surface area contributed by atoms with Crippen molar-refractivity contribution in [1.29, 1.82) is 0 Å². The lowest BCUT2D eigenvalue weighted by Gasteiger charge is -2.10. The number of benzene rings is 1. The first-order valence-corrected chi connectivity index (χ1v) is 4.47. The molecule has 0 fully saturated rings. The van der Waals surface area contributed by atoms with E-state index in [0.29, 0.717) is 11.1 Å². The van der Waals surface area contributed by atoms with Crippen molar-refractivity contribution in [3.8, 4) is 12.3 Å². The first kappa shape index (κ1) is 11.8. The van der Waals surface area contributed by atoms with Gasteiger partial charge in [-0.2, -0.15) is 0 Å². The summed E-state index contributed by atoms with van der Waals surface area (Å²) in [4.78, 5) is 21.9. The van der Waals surface area contributed by atoms with Crippen molar-refractivity contribution in [2.75, 3.05) is 0 Å². The Morgan fingerprint density at radius 2 is 1.75 bits per heavy atom. The molecule has 0 aliphatic rings. The van der Waals surface area contributed by atoms with Crippen LogP contribution in [0.15, 0.2) is 6.07 Å². The van der Waals surface area contributed by atoms with Crippen LogP contribution in [0.25, 0.3) is 0 Å². The Morgan fingerprint density at radius 1 is 1.19 bits per heavy atom. The molecule has 0 saturated heterocycles. The topological polar surface area (TPSA) is 74.6 Å². The summed E-state index contributed by atoms with van der Waals surface area (Å²) >= 11 is 0. The van der Waals surface area contributed by atoms with E-state index in [0.717, 1.165) is 0 Å². The van der Waals surface area contributed by atoms with Gasteiger partial charge in [-0.1, -0.05) is 5.92 Å². The van der Waals surface area contributed by atoms with E-state index in [1.54, 1.807) is 6.92 Å². The van der Waals surface area contributed by atoms with E-state index in [-0.39, 0.29) is 16.7 Å². The molecule has 0 aromatic heterocycles. The van der Waals surface area contributed by atoms with E-state index < -0.39 is 11.9 Å². The normalized spacial score (nSPS) is 9.56. The number of rotatable bonds is 2. The van der Waals surface area contributed by atoms with Crippen LogP contribution >= 0.6 is 0 Å². The predicted octanol–water partition coefficient (Wildman–Crippen LogP) is 1.68. The van der Waals surface area contributed by atoms with Gasteiger partial charge in [0.2, 0.25) is 0 Å². The van der Waals surface area contributed by atoms with Crippen molar-refractivity contribution in [3.05, 3.63) is 33.9 Å². The SMILES string of the molecule is C#Cc1cc(C(=O)O)c(C)c(C(=O)O)c1C. The highest BCUT2D eigenvalue weighted by Crippen LogP contribution is 2.22. The molecule has 0 radical (unpaired) electrons. The summed E-state index contributed by atoms with van der Waals surface area (Å²) in [6.45, 7) is 3.03. The molecular formula is C12H10O4. The van der Waals surface area contributed by atoms with Gasteiger partial charge in [-0.05, 0) is 31.0 Å². The van der Waals surface area contributed by atoms with Crippen LogP contribution in [0.2, 0.25) is 0 Å². The monoisotopic (exact) mass is 218 g/mol. The fourth-order valence-corrected chi connectivity index (χ4v) is 1.60. The number of carbonyl (C=O) groups is 2. The predicted molar refractivity (Wildman–Crippen MR) is 57.8 cm³/mol. The first-order chi connectivity index (χ1) is 7.40. The molecule has 1 rings (SSSR count). The van der Waals surface area contributed by atoms with Crippen LogP contribution < -0.4 is 0 Å². The number of aromatic carboxylic acids is 2. The summed E-state index contributed by atoms with van der Waals surface area (Å²) in [6.07, 6.45) is 5.20. The van der Waals surface area contributed by atoms with Gasteiger partial charge in [0.15, 0.2) is 0 Å². The van der Waals surface area contributed by atoms with Crippen molar-refractivity contribution in [2.45, 2.75) is 13.8 Å². The zero-order chi connectivity index (χ0) is 12.5. The van der Waals surface area contributed by atoms with Gasteiger partial charge in [0, 0.05) is 5.56 Å². The summed E-state index contributed by atoms with van der Waals surface area (Å²) in [5, 5.41) is 17.9. The molecule has 4 nitrogen and oxygen atoms in total. The largest absolute Gasteiger partial charge is 0.478 e. The highest BCUT2D eigenvalue weighted by molar-refractivity contribution is 5.98. The maximum absolute atomic E-state index is 11.0. The highest BCUT2D eigenvalue weighted by Gasteiger charge is 2.20. The van der Waals surface area contributed by atoms with E-state index >= 15 is 0 Å². The lowest BCUT2D eigenvalue weighted by atomic mass is 9.93. The minimum Gasteiger partial charge on any atom is -0.478 e. The van der Waals surface area contributed by atoms with Gasteiger partial charge >= 0.3 is 11.9 Å². The third kappa shape index (κ3) is 1.75. The molecule has 1 aromatic rings. The fraction of sp³-hybridized carbons (Fsp3) is 0.167. The molecule has 0 spiro atoms. The molecule has 2 N–H and O–H groups in total. The van der Waals surface area contributed by atoms with Crippen LogP contribution in [-0.4, -0.2) is 22.2 Å². The minimum absolute atomic E-state index is 0.0344. The standard InChI is InChI=1S/C12H10O4/c1-4-8-5-9(11(13)14)7(3)10(6(8)2)12(15)16/h1,5H,2-3H3,(H,13,14)(H,15,16). The Bertz CT molecular complexity index is 521. The first-order valence-electron chi connectivity index (χ1n) is 4.47. The third-order valence-corrected chi connectivity index (χ3v) is 2.45. The quantitative estimate of drug-likeness (QED) is 0.740. The van der Waals surface area contributed by atoms with Crippen LogP contribution in [0.4, 0.5) is 0 Å². The second-order valence-electron chi connectivity index (χ2n) is 3.35. The van der Waals surface area contributed by atoms with Gasteiger partial charge in [0.05, 0.1) is 11.1 Å². The highest BCUT2D eigenvalue weighted by atomic mass is 16.4. The Kier molecular flexibility index (Phi) is 3.00. The Hall–Kier alpha value is -2.28. The summed E-state index contributed by atoms with van der Waals surface area (Å²) in [6, 6.07) is 1.32. The van der Waals surface area contributed by atoms with Crippen LogP contribution in [0.1, 0.15) is 37.4 Å². The molecule has 0 unspecified atom stereocenters. The van der Waals surface area contributed by atoms with Gasteiger partial charge in [-0.25, -0.2) is 9.59 Å². The molecule has 1 aromatic carbocycles. The smallest absolute Gasteiger partial charge is 0.336 e. The van der Waals surface area contributed by atoms with Crippen LogP contribution in [-0.2, 0) is 0 Å². The summed E-state index contributed by atoms with van der Waals surface area (Å²) in [5.41, 5.74) is 0.818. The Balaban J connectivity index is 3.73. The maximum atomic E-state index is 11.0. The van der Waals surface area contributed by atoms with Gasteiger partial charge in [-0.15, -0.1) is 6.42 Å². The molecule has 0 aliphatic heterocycles. The molecular weight excluding hydrogens is 208 g/mol. The second kappa shape index (κ2) is 4.07. The maximum Gasteiger partial charge on any atom is 0.336 e. The number of terminal acetylenes is 1. The minimum atomic E-state index is -1.18. The lowest BCUT2D eigenvalue weighted by Crippen LogP contribution is -2.11. The number of hydrogen-bond acceptors (Lipinski definition) is 2. The molecule has 0 atom stereocenters. The third-order valence-electron chi connectivity index (χ3n) is 2.45. The van der Waals surface area contributed by atoms with Gasteiger partial charge in [0.25, 0.3) is 0 Å². The average molecular weight is 218 g/mol. The molecule has 4 heteroatoms. The van der Waals surface area contributed by atoms with Crippen molar-refractivity contribution < 1.29 is 19.8 Å². The molecule has 0 bridgehead atoms. The van der Waals surface area contributed by atoms with Gasteiger partial charge in [0.1, 0.15) is 0 Å². The molecule has 16 heavy (non-hydrogen) atoms. The average Bonchev–Trinajstić information content (AvgIpc) is 2.16. The van der Waals surface area contributed by atoms with Crippen molar-refractivity contribution in [1.82, 2.24) is 0 Å². The van der Waals surface area contributed by atoms with Crippen molar-refractivity contribution >= 4 is 11.9 Å². The summed E-state index contributed by atoms with van der Waals surface area (Å²) in [7, 11) is 0. The lowest BCUT2D eigenvalue weighted by molar-refractivity contribution is 0.0695. The van der Waals surface area contributed by atoms with E-state index in [1.807, 2.05) is 0 Å². The van der Waals surface area contributed by atoms with Crippen molar-refractivity contribution in [2.24, 2.45) is 0 Å². The summed E-state index contributed by atoms with van der Waals surface area (Å²) in [5.74, 6) is -0.0691. The van der Waals surface area contributed by atoms with E-state index in [4.69, 9.17) is 16.6 Å². The zero-order valence-corrected chi connectivity index (χ0v) is 8.87. The van der Waals surface area contributed by atoms with Gasteiger partial charge < -0.3 is 10.2 Å². The molecule has 82 valence electrons. The number of carboxylic acids is 2. The number of hydrogen-bond donors (Lipinski definition) is 2. The van der Waals surface area contributed by atoms with E-state index in [9.17, 15) is 9.59 Å². The zero-order valence-electron chi connectivity index (χ0n) is 8.87. The van der Waals surface area contributed by atoms with Crippen LogP contribution in [0, 0.1) is 26.2 Å². The molecule has 0 heterocycles. The van der Waals surface area contributed by atoms with Crippen LogP contribution in [0.5, 0.6) is 0 Å². The van der Waals surface area contributed by atoms with Crippen LogP contribution in [0.3, 0.4) is 0 Å². The molecule has 0 saturated carbocycles. The van der Waals surface area contributed by atoms with Crippen molar-refractivity contribution in [3.63, 3.8) is 0 Å². The summed E-state index contributed by atoms with van der Waals surface area (Å²) < 4.78 is 0. The van der Waals surface area contributed by atoms with E-state index in [2.05, 4.69) is 5.92 Å². The van der Waals surface area contributed by atoms with E-state index in [1.165, 1.54) is 13.0 Å².